The van der Waals surface area contributed by atoms with Gasteiger partial charge in [-0.1, -0.05) is 13.3 Å². The fraction of sp³-hybridized carbons (Fsp3) is 0.917. The molecule has 1 saturated carbocycles. The SMILES string of the molecule is CCSC1CCCC1NC(=O)[C@@H](N)CCSC.Cl. The number of nitrogens with two attached hydrogens (primary N) is 1. The summed E-state index contributed by atoms with van der Waals surface area (Å²) >= 11 is 3.69. The first kappa shape index (κ1) is 18.4. The van der Waals surface area contributed by atoms with Gasteiger partial charge in [-0.3, -0.25) is 4.79 Å². The molecule has 108 valence electrons. The molecule has 0 heterocycles. The van der Waals surface area contributed by atoms with E-state index in [1.165, 1.54) is 12.8 Å². The Balaban J connectivity index is 0.00000289. The lowest BCUT2D eigenvalue weighted by molar-refractivity contribution is -0.123. The van der Waals surface area contributed by atoms with Crippen LogP contribution in [0.5, 0.6) is 0 Å². The highest BCUT2D eigenvalue weighted by Gasteiger charge is 2.29. The molecule has 3 N–H and O–H groups in total. The summed E-state index contributed by atoms with van der Waals surface area (Å²) in [6, 6.07) is 0.00288. The predicted octanol–water partition coefficient (Wildman–Crippen LogP) is 2.28. The van der Waals surface area contributed by atoms with Crippen molar-refractivity contribution in [1.29, 1.82) is 0 Å². The van der Waals surface area contributed by atoms with E-state index >= 15 is 0 Å². The van der Waals surface area contributed by atoms with Crippen LogP contribution in [0.1, 0.15) is 32.6 Å². The number of amides is 1. The molecule has 1 fully saturated rings. The van der Waals surface area contributed by atoms with Gasteiger partial charge in [-0.25, -0.2) is 0 Å². The third-order valence-corrected chi connectivity index (χ3v) is 5.10. The summed E-state index contributed by atoms with van der Waals surface area (Å²) in [7, 11) is 0. The molecule has 0 aromatic carbocycles. The molecular formula is C12H25ClN2OS2. The van der Waals surface area contributed by atoms with E-state index in [0.29, 0.717) is 11.3 Å². The molecule has 18 heavy (non-hydrogen) atoms. The lowest BCUT2D eigenvalue weighted by Crippen LogP contribution is -2.47. The Labute approximate surface area is 125 Å². The quantitative estimate of drug-likeness (QED) is 0.757. The van der Waals surface area contributed by atoms with Gasteiger partial charge in [0.2, 0.25) is 5.91 Å². The number of hydrogen-bond donors (Lipinski definition) is 2. The lowest BCUT2D eigenvalue weighted by atomic mass is 10.2. The topological polar surface area (TPSA) is 55.1 Å². The van der Waals surface area contributed by atoms with Gasteiger partial charge in [0.1, 0.15) is 0 Å². The Kier molecular flexibility index (Phi) is 10.5. The molecule has 1 amide bonds. The van der Waals surface area contributed by atoms with Gasteiger partial charge >= 0.3 is 0 Å². The van der Waals surface area contributed by atoms with Crippen molar-refractivity contribution < 1.29 is 4.79 Å². The van der Waals surface area contributed by atoms with E-state index in [2.05, 4.69) is 12.2 Å². The molecule has 1 aliphatic rings. The number of hydrogen-bond acceptors (Lipinski definition) is 4. The second-order valence-electron chi connectivity index (χ2n) is 4.43. The molecule has 3 nitrogen and oxygen atoms in total. The van der Waals surface area contributed by atoms with E-state index in [-0.39, 0.29) is 24.4 Å². The summed E-state index contributed by atoms with van der Waals surface area (Å²) in [6.07, 6.45) is 6.37. The van der Waals surface area contributed by atoms with Gasteiger partial charge in [0.05, 0.1) is 6.04 Å². The average molecular weight is 313 g/mol. The van der Waals surface area contributed by atoms with Gasteiger partial charge in [0, 0.05) is 11.3 Å². The zero-order chi connectivity index (χ0) is 12.7. The van der Waals surface area contributed by atoms with Crippen molar-refractivity contribution in [1.82, 2.24) is 5.32 Å². The Morgan fingerprint density at radius 1 is 1.50 bits per heavy atom. The zero-order valence-electron chi connectivity index (χ0n) is 11.2. The molecule has 0 spiro atoms. The monoisotopic (exact) mass is 312 g/mol. The maximum absolute atomic E-state index is 11.9. The van der Waals surface area contributed by atoms with Gasteiger partial charge < -0.3 is 11.1 Å². The van der Waals surface area contributed by atoms with Crippen molar-refractivity contribution in [2.75, 3.05) is 17.8 Å². The van der Waals surface area contributed by atoms with Crippen LogP contribution in [-0.2, 0) is 4.79 Å². The number of carbonyl (C=O) groups excluding carboxylic acids is 1. The van der Waals surface area contributed by atoms with Crippen molar-refractivity contribution in [3.8, 4) is 0 Å². The number of nitrogens with one attached hydrogen (secondary N) is 1. The number of halogens is 1. The second-order valence-corrected chi connectivity index (χ2v) is 6.93. The first-order valence-corrected chi connectivity index (χ1v) is 8.79. The number of carbonyl (C=O) groups is 1. The maximum Gasteiger partial charge on any atom is 0.237 e. The van der Waals surface area contributed by atoms with Crippen LogP contribution >= 0.6 is 35.9 Å². The summed E-state index contributed by atoms with van der Waals surface area (Å²) < 4.78 is 0. The summed E-state index contributed by atoms with van der Waals surface area (Å²) in [4.78, 5) is 11.9. The van der Waals surface area contributed by atoms with E-state index in [1.54, 1.807) is 11.8 Å². The van der Waals surface area contributed by atoms with Crippen LogP contribution in [-0.4, -0.2) is 41.0 Å². The highest BCUT2D eigenvalue weighted by atomic mass is 35.5. The molecule has 0 saturated heterocycles. The van der Waals surface area contributed by atoms with Crippen molar-refractivity contribution in [3.05, 3.63) is 0 Å². The molecule has 1 rings (SSSR count). The van der Waals surface area contributed by atoms with Crippen LogP contribution in [0.25, 0.3) is 0 Å². The largest absolute Gasteiger partial charge is 0.351 e. The fourth-order valence-electron chi connectivity index (χ4n) is 2.17. The van der Waals surface area contributed by atoms with Gasteiger partial charge in [-0.15, -0.1) is 12.4 Å². The molecule has 6 heteroatoms. The summed E-state index contributed by atoms with van der Waals surface area (Å²) in [5.74, 6) is 2.11. The smallest absolute Gasteiger partial charge is 0.237 e. The molecule has 0 radical (unpaired) electrons. The molecule has 0 aliphatic heterocycles. The number of rotatable bonds is 7. The van der Waals surface area contributed by atoms with E-state index in [1.807, 2.05) is 18.0 Å². The second kappa shape index (κ2) is 10.2. The summed E-state index contributed by atoms with van der Waals surface area (Å²) in [5, 5.41) is 3.72. The molecule has 0 bridgehead atoms. The van der Waals surface area contributed by atoms with Crippen LogP contribution in [0.15, 0.2) is 0 Å². The summed E-state index contributed by atoms with van der Waals surface area (Å²) in [5.41, 5.74) is 5.87. The van der Waals surface area contributed by atoms with Crippen LogP contribution in [0, 0.1) is 0 Å². The van der Waals surface area contributed by atoms with Crippen LogP contribution < -0.4 is 11.1 Å². The van der Waals surface area contributed by atoms with E-state index in [4.69, 9.17) is 5.73 Å². The van der Waals surface area contributed by atoms with Crippen LogP contribution in [0.3, 0.4) is 0 Å². The lowest BCUT2D eigenvalue weighted by Gasteiger charge is -2.22. The third-order valence-electron chi connectivity index (χ3n) is 3.13. The Bertz CT molecular complexity index is 244. The normalized spacial score (nSPS) is 24.4. The Morgan fingerprint density at radius 3 is 2.83 bits per heavy atom. The van der Waals surface area contributed by atoms with E-state index in [9.17, 15) is 4.79 Å². The Morgan fingerprint density at radius 2 is 2.22 bits per heavy atom. The first-order chi connectivity index (χ1) is 8.19. The van der Waals surface area contributed by atoms with Gasteiger partial charge in [-0.05, 0) is 37.0 Å². The highest BCUT2D eigenvalue weighted by molar-refractivity contribution is 7.99. The van der Waals surface area contributed by atoms with Crippen molar-refractivity contribution >= 4 is 41.8 Å². The average Bonchev–Trinajstić information content (AvgIpc) is 2.74. The first-order valence-electron chi connectivity index (χ1n) is 6.35. The van der Waals surface area contributed by atoms with Gasteiger partial charge in [0.15, 0.2) is 0 Å². The fourth-order valence-corrected chi connectivity index (χ4v) is 3.86. The molecule has 0 aromatic heterocycles. The van der Waals surface area contributed by atoms with E-state index < -0.39 is 0 Å². The minimum atomic E-state index is -0.338. The molecule has 1 aliphatic carbocycles. The maximum atomic E-state index is 11.9. The van der Waals surface area contributed by atoms with Gasteiger partial charge in [0.25, 0.3) is 0 Å². The zero-order valence-corrected chi connectivity index (χ0v) is 13.6. The van der Waals surface area contributed by atoms with Crippen molar-refractivity contribution in [2.45, 2.75) is 49.9 Å². The van der Waals surface area contributed by atoms with Crippen molar-refractivity contribution in [2.24, 2.45) is 5.73 Å². The number of thioether (sulfide) groups is 2. The van der Waals surface area contributed by atoms with E-state index in [0.717, 1.165) is 24.3 Å². The minimum Gasteiger partial charge on any atom is -0.351 e. The molecule has 3 atom stereocenters. The van der Waals surface area contributed by atoms with Gasteiger partial charge in [-0.2, -0.15) is 23.5 Å². The van der Waals surface area contributed by atoms with Crippen molar-refractivity contribution in [3.63, 3.8) is 0 Å². The molecular weight excluding hydrogens is 288 g/mol. The molecule has 0 aromatic rings. The third kappa shape index (κ3) is 6.04. The predicted molar refractivity (Wildman–Crippen MR) is 85.9 cm³/mol. The standard InChI is InChI=1S/C12H24N2OS2.ClH/c1-3-17-11-6-4-5-10(11)14-12(15)9(13)7-8-16-2;/h9-11H,3-8,13H2,1-2H3,(H,14,15);1H/t9-,10?,11?;/m0./s1. The summed E-state index contributed by atoms with van der Waals surface area (Å²) in [6.45, 7) is 2.17. The van der Waals surface area contributed by atoms with Crippen LogP contribution in [0.4, 0.5) is 0 Å². The highest BCUT2D eigenvalue weighted by Crippen LogP contribution is 2.29. The minimum absolute atomic E-state index is 0. The Hall–Kier alpha value is 0.420. The molecule has 2 unspecified atom stereocenters. The van der Waals surface area contributed by atoms with Crippen LogP contribution in [0.2, 0.25) is 0 Å².